The zero-order valence-electron chi connectivity index (χ0n) is 16.9. The molecule has 1 aliphatic carbocycles. The van der Waals surface area contributed by atoms with Crippen LogP contribution in [0, 0.1) is 17.6 Å². The highest BCUT2D eigenvalue weighted by molar-refractivity contribution is 5.79. The molecule has 0 bridgehead atoms. The van der Waals surface area contributed by atoms with Gasteiger partial charge >= 0.3 is 0 Å². The Morgan fingerprint density at radius 3 is 2.03 bits per heavy atom. The molecule has 31 heavy (non-hydrogen) atoms. The first kappa shape index (κ1) is 19.9. The summed E-state index contributed by atoms with van der Waals surface area (Å²) >= 11 is 0. The van der Waals surface area contributed by atoms with Crippen LogP contribution in [0.3, 0.4) is 0 Å². The third-order valence-corrected chi connectivity index (χ3v) is 6.47. The van der Waals surface area contributed by atoms with Crippen molar-refractivity contribution in [2.45, 2.75) is 17.9 Å². The molecule has 1 aliphatic heterocycles. The molecule has 156 valence electrons. The van der Waals surface area contributed by atoms with Crippen LogP contribution in [0.25, 0.3) is 5.57 Å². The third-order valence-electron chi connectivity index (χ3n) is 6.47. The lowest BCUT2D eigenvalue weighted by Crippen LogP contribution is -2.60. The third kappa shape index (κ3) is 3.53. The highest BCUT2D eigenvalue weighted by atomic mass is 19.1. The van der Waals surface area contributed by atoms with E-state index < -0.39 is 5.60 Å². The summed E-state index contributed by atoms with van der Waals surface area (Å²) in [6.07, 6.45) is 0.841. The van der Waals surface area contributed by atoms with E-state index in [1.807, 2.05) is 30.3 Å². The van der Waals surface area contributed by atoms with Gasteiger partial charge in [-0.2, -0.15) is 0 Å². The second-order valence-corrected chi connectivity index (χ2v) is 8.23. The Kier molecular flexibility index (Phi) is 5.07. The molecular formula is C27H22F2O2. The van der Waals surface area contributed by atoms with Crippen LogP contribution < -0.4 is 0 Å². The lowest BCUT2D eigenvalue weighted by molar-refractivity contribution is -0.146. The second kappa shape index (κ2) is 7.90. The average Bonchev–Trinajstić information content (AvgIpc) is 2.78. The van der Waals surface area contributed by atoms with Gasteiger partial charge in [-0.25, -0.2) is 8.78 Å². The number of halogens is 2. The molecule has 3 aromatic carbocycles. The Bertz CT molecular complexity index is 1100. The van der Waals surface area contributed by atoms with Crippen LogP contribution in [0.4, 0.5) is 8.78 Å². The van der Waals surface area contributed by atoms with Crippen molar-refractivity contribution in [1.82, 2.24) is 0 Å². The van der Waals surface area contributed by atoms with Crippen molar-refractivity contribution in [2.75, 3.05) is 13.2 Å². The minimum absolute atomic E-state index is 0.00311. The van der Waals surface area contributed by atoms with Crippen LogP contribution in [0.15, 0.2) is 90.2 Å². The molecular weight excluding hydrogens is 394 g/mol. The minimum atomic E-state index is -1.05. The molecule has 0 aromatic heterocycles. The predicted octanol–water partition coefficient (Wildman–Crippen LogP) is 5.49. The number of fused-ring (bicyclic) bond motifs is 1. The van der Waals surface area contributed by atoms with E-state index >= 15 is 0 Å². The minimum Gasteiger partial charge on any atom is -0.384 e. The maximum Gasteiger partial charge on any atom is 0.123 e. The van der Waals surface area contributed by atoms with Gasteiger partial charge in [0.05, 0.1) is 13.2 Å². The predicted molar refractivity (Wildman–Crippen MR) is 115 cm³/mol. The van der Waals surface area contributed by atoms with E-state index in [4.69, 9.17) is 4.74 Å². The number of ether oxygens (including phenoxy) is 1. The SMILES string of the molecule is O[C@@]12C(=C=C(c3ccc(F)cc3)c3ccc(F)cc3)COC[C@@H]1C[C@@H]2c1ccccc1. The molecule has 2 fully saturated rings. The van der Waals surface area contributed by atoms with Crippen molar-refractivity contribution >= 4 is 5.57 Å². The number of hydrogen-bond donors (Lipinski definition) is 1. The molecule has 4 heteroatoms. The fourth-order valence-electron chi connectivity index (χ4n) is 4.75. The average molecular weight is 416 g/mol. The first-order valence-corrected chi connectivity index (χ1v) is 10.4. The smallest absolute Gasteiger partial charge is 0.123 e. The van der Waals surface area contributed by atoms with E-state index in [0.717, 1.165) is 23.1 Å². The fraction of sp³-hybridized carbons (Fsp3) is 0.222. The molecule has 2 nitrogen and oxygen atoms in total. The van der Waals surface area contributed by atoms with E-state index in [2.05, 4.69) is 5.73 Å². The van der Waals surface area contributed by atoms with Crippen molar-refractivity contribution in [3.63, 3.8) is 0 Å². The molecule has 0 radical (unpaired) electrons. The second-order valence-electron chi connectivity index (χ2n) is 8.23. The van der Waals surface area contributed by atoms with Gasteiger partial charge in [-0.3, -0.25) is 0 Å². The quantitative estimate of drug-likeness (QED) is 0.573. The number of aliphatic hydroxyl groups is 1. The molecule has 3 atom stereocenters. The summed E-state index contributed by atoms with van der Waals surface area (Å²) < 4.78 is 32.9. The van der Waals surface area contributed by atoms with E-state index in [-0.39, 0.29) is 30.1 Å². The lowest BCUT2D eigenvalue weighted by Gasteiger charge is -2.55. The summed E-state index contributed by atoms with van der Waals surface area (Å²) in [5, 5.41) is 11.8. The highest BCUT2D eigenvalue weighted by Gasteiger charge is 2.58. The van der Waals surface area contributed by atoms with Gasteiger partial charge in [0.2, 0.25) is 0 Å². The van der Waals surface area contributed by atoms with E-state index in [1.165, 1.54) is 24.3 Å². The van der Waals surface area contributed by atoms with Gasteiger partial charge in [0, 0.05) is 23.0 Å². The van der Waals surface area contributed by atoms with Crippen molar-refractivity contribution in [1.29, 1.82) is 0 Å². The maximum atomic E-state index is 13.5. The number of hydrogen-bond acceptors (Lipinski definition) is 2. The summed E-state index contributed by atoms with van der Waals surface area (Å²) in [6, 6.07) is 22.2. The monoisotopic (exact) mass is 416 g/mol. The number of benzene rings is 3. The van der Waals surface area contributed by atoms with Gasteiger partial charge < -0.3 is 9.84 Å². The lowest BCUT2D eigenvalue weighted by atomic mass is 9.55. The fourth-order valence-corrected chi connectivity index (χ4v) is 4.75. The van der Waals surface area contributed by atoms with Gasteiger partial charge in [0.25, 0.3) is 0 Å². The van der Waals surface area contributed by atoms with Gasteiger partial charge in [-0.05, 0) is 47.4 Å². The molecule has 1 saturated heterocycles. The van der Waals surface area contributed by atoms with Gasteiger partial charge in [0.1, 0.15) is 17.2 Å². The largest absolute Gasteiger partial charge is 0.384 e. The summed E-state index contributed by atoms with van der Waals surface area (Å²) in [5.74, 6) is -0.709. The first-order chi connectivity index (χ1) is 15.1. The van der Waals surface area contributed by atoms with Crippen LogP contribution >= 0.6 is 0 Å². The van der Waals surface area contributed by atoms with Crippen LogP contribution in [-0.4, -0.2) is 23.9 Å². The molecule has 0 unspecified atom stereocenters. The van der Waals surface area contributed by atoms with Crippen LogP contribution in [0.5, 0.6) is 0 Å². The Morgan fingerprint density at radius 1 is 0.871 bits per heavy atom. The molecule has 1 heterocycles. The Balaban J connectivity index is 1.68. The Hall–Kier alpha value is -3.04. The standard InChI is InChI=1S/C27H22F2O2/c28-23-10-6-18(7-11-23)25(19-8-12-24(29)13-9-19)14-21-16-31-17-22-15-26(27(21,22)30)20-4-2-1-3-5-20/h1-13,22,26,30H,15-17H2/t22-,26+,27-/m0/s1. The first-order valence-electron chi connectivity index (χ1n) is 10.4. The summed E-state index contributed by atoms with van der Waals surface area (Å²) in [4.78, 5) is 0. The Labute approximate surface area is 180 Å². The Morgan fingerprint density at radius 2 is 1.45 bits per heavy atom. The molecule has 1 saturated carbocycles. The van der Waals surface area contributed by atoms with Crippen molar-refractivity contribution < 1.29 is 18.6 Å². The number of rotatable bonds is 3. The van der Waals surface area contributed by atoms with E-state index in [1.54, 1.807) is 24.3 Å². The molecule has 0 spiro atoms. The van der Waals surface area contributed by atoms with Crippen LogP contribution in [-0.2, 0) is 4.74 Å². The zero-order chi connectivity index (χ0) is 21.4. The van der Waals surface area contributed by atoms with Crippen LogP contribution in [0.1, 0.15) is 29.0 Å². The molecule has 2 aliphatic rings. The van der Waals surface area contributed by atoms with Gasteiger partial charge in [0.15, 0.2) is 0 Å². The maximum absolute atomic E-state index is 13.5. The van der Waals surface area contributed by atoms with Crippen molar-refractivity contribution in [3.8, 4) is 0 Å². The molecule has 1 N–H and O–H groups in total. The summed E-state index contributed by atoms with van der Waals surface area (Å²) in [5.41, 5.74) is 6.27. The van der Waals surface area contributed by atoms with Crippen molar-refractivity contribution in [2.24, 2.45) is 5.92 Å². The van der Waals surface area contributed by atoms with E-state index in [0.29, 0.717) is 17.8 Å². The van der Waals surface area contributed by atoms with E-state index in [9.17, 15) is 13.9 Å². The molecule has 5 rings (SSSR count). The highest BCUT2D eigenvalue weighted by Crippen LogP contribution is 2.56. The summed E-state index contributed by atoms with van der Waals surface area (Å²) in [7, 11) is 0. The summed E-state index contributed by atoms with van der Waals surface area (Å²) in [6.45, 7) is 0.773. The zero-order valence-corrected chi connectivity index (χ0v) is 16.9. The topological polar surface area (TPSA) is 29.5 Å². The van der Waals surface area contributed by atoms with Gasteiger partial charge in [-0.1, -0.05) is 54.6 Å². The van der Waals surface area contributed by atoms with Gasteiger partial charge in [-0.15, -0.1) is 5.73 Å². The molecule has 3 aromatic rings. The van der Waals surface area contributed by atoms with Crippen molar-refractivity contribution in [3.05, 3.63) is 118 Å². The normalized spacial score (nSPS) is 24.7. The molecule has 0 amide bonds. The van der Waals surface area contributed by atoms with Crippen LogP contribution in [0.2, 0.25) is 0 Å².